The number of benzene rings is 7. The molecule has 8 aromatic rings. The Hall–Kier alpha value is -6.48. The van der Waals surface area contributed by atoms with E-state index in [9.17, 15) is 0 Å². The van der Waals surface area contributed by atoms with E-state index in [0.29, 0.717) is 0 Å². The van der Waals surface area contributed by atoms with Gasteiger partial charge in [0.2, 0.25) is 0 Å². The summed E-state index contributed by atoms with van der Waals surface area (Å²) in [7, 11) is 0. The van der Waals surface area contributed by atoms with E-state index in [2.05, 4.69) is 189 Å². The summed E-state index contributed by atoms with van der Waals surface area (Å²) in [4.78, 5) is 0. The largest absolute Gasteiger partial charge is 0.455 e. The number of para-hydroxylation sites is 2. The topological polar surface area (TPSA) is 39.2 Å². The molecular formula is C55H43NO. The summed E-state index contributed by atoms with van der Waals surface area (Å²) in [6.45, 7) is 2.36. The number of hydrogen-bond acceptors (Lipinski definition) is 2. The zero-order valence-electron chi connectivity index (χ0n) is 32.0. The standard InChI is InChI=1S/C30H24O.C25H19N/c1-30(20-23-10-6-9-21-8-2-3-11-24(21)23)18-16-22(17-19-30)25-13-7-14-27-26-12-4-5-15-28(26)31-29(25)27;26-23-15-7-11-19-18-10-3-6-14-22(18)25(24(19)23)20-12-4-1-8-16(20)17-9-2-5-13-21(17)25/h2-18H,19-20H2,1H3;1-15,23-24H,26H2. The van der Waals surface area contributed by atoms with Crippen LogP contribution in [0.15, 0.2) is 199 Å². The van der Waals surface area contributed by atoms with E-state index in [4.69, 9.17) is 10.2 Å². The first-order valence-electron chi connectivity index (χ1n) is 20.2. The molecule has 0 saturated heterocycles. The van der Waals surface area contributed by atoms with Crippen molar-refractivity contribution in [3.8, 4) is 11.1 Å². The molecule has 1 spiro atoms. The second-order valence-electron chi connectivity index (χ2n) is 16.5. The first-order chi connectivity index (χ1) is 28.0. The van der Waals surface area contributed by atoms with Gasteiger partial charge >= 0.3 is 0 Å². The van der Waals surface area contributed by atoms with Gasteiger partial charge in [-0.15, -0.1) is 0 Å². The zero-order valence-corrected chi connectivity index (χ0v) is 32.0. The lowest BCUT2D eigenvalue weighted by Gasteiger charge is -2.38. The average molecular weight is 734 g/mol. The molecule has 3 atom stereocenters. The molecule has 1 heterocycles. The Morgan fingerprint density at radius 2 is 1.21 bits per heavy atom. The lowest BCUT2D eigenvalue weighted by Crippen LogP contribution is -2.43. The van der Waals surface area contributed by atoms with Crippen LogP contribution in [0.5, 0.6) is 0 Å². The Morgan fingerprint density at radius 1 is 0.614 bits per heavy atom. The van der Waals surface area contributed by atoms with Crippen molar-refractivity contribution in [1.82, 2.24) is 0 Å². The summed E-state index contributed by atoms with van der Waals surface area (Å²) < 4.78 is 6.26. The van der Waals surface area contributed by atoms with Gasteiger partial charge in [0.25, 0.3) is 0 Å². The van der Waals surface area contributed by atoms with Gasteiger partial charge in [0.1, 0.15) is 11.2 Å². The predicted octanol–water partition coefficient (Wildman–Crippen LogP) is 13.2. The van der Waals surface area contributed by atoms with E-state index < -0.39 is 0 Å². The normalized spacial score (nSPS) is 20.7. The molecule has 4 aliphatic rings. The van der Waals surface area contributed by atoms with Crippen LogP contribution in [-0.4, -0.2) is 6.04 Å². The smallest absolute Gasteiger partial charge is 0.143 e. The Balaban J connectivity index is 0.000000133. The summed E-state index contributed by atoms with van der Waals surface area (Å²) in [5.74, 6) is 0.231. The van der Waals surface area contributed by atoms with E-state index in [-0.39, 0.29) is 22.8 Å². The third-order valence-electron chi connectivity index (χ3n) is 13.1. The lowest BCUT2D eigenvalue weighted by molar-refractivity contribution is 0.429. The minimum atomic E-state index is -0.195. The van der Waals surface area contributed by atoms with Gasteiger partial charge in [0.05, 0.1) is 5.41 Å². The molecule has 0 saturated carbocycles. The Morgan fingerprint density at radius 3 is 1.96 bits per heavy atom. The molecule has 3 unspecified atom stereocenters. The van der Waals surface area contributed by atoms with Crippen molar-refractivity contribution in [3.63, 3.8) is 0 Å². The highest BCUT2D eigenvalue weighted by Crippen LogP contribution is 2.64. The third kappa shape index (κ3) is 5.14. The molecule has 0 fully saturated rings. The second-order valence-corrected chi connectivity index (χ2v) is 16.5. The number of furan rings is 1. The van der Waals surface area contributed by atoms with E-state index in [0.717, 1.165) is 24.0 Å². The molecule has 1 aromatic heterocycles. The third-order valence-corrected chi connectivity index (χ3v) is 13.1. The molecule has 2 heteroatoms. The maximum Gasteiger partial charge on any atom is 0.143 e. The maximum absolute atomic E-state index is 6.74. The number of hydrogen-bond donors (Lipinski definition) is 1. The van der Waals surface area contributed by atoms with Gasteiger partial charge in [-0.1, -0.05) is 195 Å². The summed E-state index contributed by atoms with van der Waals surface area (Å²) in [5.41, 5.74) is 22.0. The van der Waals surface area contributed by atoms with Crippen molar-refractivity contribution >= 4 is 43.9 Å². The molecule has 57 heavy (non-hydrogen) atoms. The molecule has 0 bridgehead atoms. The zero-order chi connectivity index (χ0) is 38.1. The van der Waals surface area contributed by atoms with E-state index in [1.165, 1.54) is 77.2 Å². The quantitative estimate of drug-likeness (QED) is 0.196. The Labute approximate surface area is 334 Å². The van der Waals surface area contributed by atoms with Crippen molar-refractivity contribution in [2.24, 2.45) is 17.1 Å². The van der Waals surface area contributed by atoms with E-state index >= 15 is 0 Å². The molecule has 2 N–H and O–H groups in total. The number of allylic oxidation sites excluding steroid dienone is 6. The van der Waals surface area contributed by atoms with Crippen molar-refractivity contribution in [1.29, 1.82) is 0 Å². The minimum absolute atomic E-state index is 0.00149. The van der Waals surface area contributed by atoms with Gasteiger partial charge in [-0.05, 0) is 85.2 Å². The van der Waals surface area contributed by atoms with Crippen LogP contribution in [0, 0.1) is 11.3 Å². The SMILES string of the molecule is CC1(Cc2cccc3ccccc23)C=CC(c2cccc3c2oc2ccccc23)=CC1.NC1C=CC=C2c3ccccc3C3(c4ccccc4-c4ccccc43)C21. The fourth-order valence-corrected chi connectivity index (χ4v) is 10.6. The van der Waals surface area contributed by atoms with E-state index in [1.54, 1.807) is 0 Å². The monoisotopic (exact) mass is 733 g/mol. The Kier molecular flexibility index (Phi) is 7.74. The van der Waals surface area contributed by atoms with Crippen LogP contribution < -0.4 is 5.73 Å². The second kappa shape index (κ2) is 13.0. The van der Waals surface area contributed by atoms with Crippen LogP contribution in [0.3, 0.4) is 0 Å². The first kappa shape index (κ1) is 33.8. The van der Waals surface area contributed by atoms with Gasteiger partial charge in [-0.2, -0.15) is 0 Å². The van der Waals surface area contributed by atoms with Crippen LogP contribution in [-0.2, 0) is 11.8 Å². The molecule has 4 aliphatic carbocycles. The van der Waals surface area contributed by atoms with Crippen LogP contribution in [0.25, 0.3) is 55.0 Å². The van der Waals surface area contributed by atoms with Crippen LogP contribution >= 0.6 is 0 Å². The minimum Gasteiger partial charge on any atom is -0.455 e. The molecule has 274 valence electrons. The lowest BCUT2D eigenvalue weighted by atomic mass is 9.64. The molecule has 0 radical (unpaired) electrons. The van der Waals surface area contributed by atoms with Gasteiger partial charge < -0.3 is 10.2 Å². The van der Waals surface area contributed by atoms with Crippen molar-refractivity contribution in [3.05, 3.63) is 228 Å². The van der Waals surface area contributed by atoms with Crippen LogP contribution in [0.1, 0.15) is 46.7 Å². The van der Waals surface area contributed by atoms with Crippen molar-refractivity contribution < 1.29 is 4.42 Å². The van der Waals surface area contributed by atoms with Crippen LogP contribution in [0.2, 0.25) is 0 Å². The summed E-state index contributed by atoms with van der Waals surface area (Å²) >= 11 is 0. The van der Waals surface area contributed by atoms with Crippen molar-refractivity contribution in [2.75, 3.05) is 0 Å². The summed E-state index contributed by atoms with van der Waals surface area (Å²) in [6.07, 6.45) is 15.7. The molecule has 7 aromatic carbocycles. The van der Waals surface area contributed by atoms with Crippen molar-refractivity contribution in [2.45, 2.75) is 31.2 Å². The fraction of sp³-hybridized carbons (Fsp3) is 0.127. The summed E-state index contributed by atoms with van der Waals surface area (Å²) in [6, 6.07) is 56.7. The molecule has 0 aliphatic heterocycles. The first-order valence-corrected chi connectivity index (χ1v) is 20.2. The van der Waals surface area contributed by atoms with Crippen LogP contribution in [0.4, 0.5) is 0 Å². The van der Waals surface area contributed by atoms with Gasteiger partial charge in [0, 0.05) is 28.3 Å². The van der Waals surface area contributed by atoms with Gasteiger partial charge in [0.15, 0.2) is 0 Å². The highest BCUT2D eigenvalue weighted by Gasteiger charge is 2.57. The average Bonchev–Trinajstić information content (AvgIpc) is 3.89. The van der Waals surface area contributed by atoms with E-state index in [1.807, 2.05) is 12.1 Å². The molecule has 2 nitrogen and oxygen atoms in total. The molecular weight excluding hydrogens is 691 g/mol. The Bertz CT molecular complexity index is 2970. The van der Waals surface area contributed by atoms with Gasteiger partial charge in [-0.3, -0.25) is 0 Å². The molecule has 0 amide bonds. The fourth-order valence-electron chi connectivity index (χ4n) is 10.6. The predicted molar refractivity (Wildman–Crippen MR) is 238 cm³/mol. The van der Waals surface area contributed by atoms with Gasteiger partial charge in [-0.25, -0.2) is 0 Å². The maximum atomic E-state index is 6.74. The summed E-state index contributed by atoms with van der Waals surface area (Å²) in [5, 5.41) is 5.05. The number of rotatable bonds is 3. The number of fused-ring (bicyclic) bond motifs is 14. The number of nitrogens with two attached hydrogens (primary N) is 1. The highest BCUT2D eigenvalue weighted by molar-refractivity contribution is 6.08. The molecule has 12 rings (SSSR count). The highest BCUT2D eigenvalue weighted by atomic mass is 16.3.